The maximum atomic E-state index is 5.78. The second-order valence-corrected chi connectivity index (χ2v) is 7.05. The summed E-state index contributed by atoms with van der Waals surface area (Å²) in [6.07, 6.45) is 2.49. The molecular weight excluding hydrogens is 300 g/mol. The van der Waals surface area contributed by atoms with Crippen molar-refractivity contribution in [3.8, 4) is 0 Å². The molecule has 0 spiro atoms. The zero-order valence-corrected chi connectivity index (χ0v) is 15.2. The van der Waals surface area contributed by atoms with Crippen molar-refractivity contribution in [2.45, 2.75) is 46.3 Å². The van der Waals surface area contributed by atoms with Gasteiger partial charge in [0.25, 0.3) is 0 Å². The number of ether oxygens (including phenoxy) is 1. The number of hydrogen-bond acceptors (Lipinski definition) is 4. The molecule has 0 saturated carbocycles. The fourth-order valence-corrected chi connectivity index (χ4v) is 3.83. The van der Waals surface area contributed by atoms with Crippen molar-refractivity contribution in [3.63, 3.8) is 0 Å². The molecule has 4 heteroatoms. The number of likely N-dealkylation sites (tertiary alicyclic amines) is 1. The average Bonchev–Trinajstić information content (AvgIpc) is 2.87. The molecule has 0 bridgehead atoms. The molecule has 1 aromatic carbocycles. The molecule has 1 fully saturated rings. The van der Waals surface area contributed by atoms with Gasteiger partial charge in [0.05, 0.1) is 11.8 Å². The van der Waals surface area contributed by atoms with E-state index in [1.807, 2.05) is 21.0 Å². The van der Waals surface area contributed by atoms with Crippen molar-refractivity contribution < 1.29 is 9.26 Å². The number of benzene rings is 1. The van der Waals surface area contributed by atoms with Gasteiger partial charge in [0.2, 0.25) is 0 Å². The van der Waals surface area contributed by atoms with Gasteiger partial charge in [-0.05, 0) is 39.2 Å². The van der Waals surface area contributed by atoms with Crippen molar-refractivity contribution in [1.82, 2.24) is 10.1 Å². The van der Waals surface area contributed by atoms with Crippen LogP contribution in [0.25, 0.3) is 0 Å². The molecule has 2 aromatic rings. The minimum absolute atomic E-state index is 0.339. The Morgan fingerprint density at radius 2 is 2.12 bits per heavy atom. The zero-order valence-electron chi connectivity index (χ0n) is 15.2. The van der Waals surface area contributed by atoms with Gasteiger partial charge in [-0.2, -0.15) is 0 Å². The topological polar surface area (TPSA) is 38.5 Å². The van der Waals surface area contributed by atoms with Gasteiger partial charge in [-0.3, -0.25) is 4.90 Å². The van der Waals surface area contributed by atoms with E-state index >= 15 is 0 Å². The molecule has 2 heterocycles. The Kier molecular flexibility index (Phi) is 5.36. The Morgan fingerprint density at radius 3 is 2.79 bits per heavy atom. The Morgan fingerprint density at radius 1 is 1.29 bits per heavy atom. The fraction of sp³-hybridized carbons (Fsp3) is 0.550. The van der Waals surface area contributed by atoms with Gasteiger partial charge in [-0.15, -0.1) is 0 Å². The fourth-order valence-electron chi connectivity index (χ4n) is 3.83. The van der Waals surface area contributed by atoms with Crippen LogP contribution in [0.4, 0.5) is 0 Å². The molecule has 3 rings (SSSR count). The normalized spacial score (nSPS) is 22.0. The average molecular weight is 328 g/mol. The lowest BCUT2D eigenvalue weighted by Gasteiger charge is -2.38. The maximum Gasteiger partial charge on any atom is 0.138 e. The molecule has 0 unspecified atom stereocenters. The van der Waals surface area contributed by atoms with Gasteiger partial charge in [0, 0.05) is 38.2 Å². The van der Waals surface area contributed by atoms with E-state index in [0.29, 0.717) is 12.0 Å². The minimum atomic E-state index is 0.339. The zero-order chi connectivity index (χ0) is 17.1. The number of aryl methyl sites for hydroxylation is 3. The van der Waals surface area contributed by atoms with Gasteiger partial charge >= 0.3 is 0 Å². The molecule has 4 nitrogen and oxygen atoms in total. The summed E-state index contributed by atoms with van der Waals surface area (Å²) in [5.41, 5.74) is 4.97. The third-order valence-electron chi connectivity index (χ3n) is 5.19. The molecule has 1 aromatic heterocycles. The van der Waals surface area contributed by atoms with E-state index in [1.165, 1.54) is 16.7 Å². The van der Waals surface area contributed by atoms with Crippen LogP contribution in [-0.4, -0.2) is 36.4 Å². The SMILES string of the molecule is CO[C@@H]1CCN(Cc2c(C)noc2C)C[C@@H]1Cc1cccc(C)c1. The number of methoxy groups -OCH3 is 1. The van der Waals surface area contributed by atoms with E-state index in [2.05, 4.69) is 41.2 Å². The van der Waals surface area contributed by atoms with E-state index in [9.17, 15) is 0 Å². The maximum absolute atomic E-state index is 5.78. The van der Waals surface area contributed by atoms with Crippen LogP contribution in [0.2, 0.25) is 0 Å². The summed E-state index contributed by atoms with van der Waals surface area (Å²) in [6.45, 7) is 9.21. The molecule has 2 atom stereocenters. The van der Waals surface area contributed by atoms with Crippen LogP contribution in [0, 0.1) is 26.7 Å². The number of hydrogen-bond donors (Lipinski definition) is 0. The first kappa shape index (κ1) is 17.2. The first-order valence-corrected chi connectivity index (χ1v) is 8.79. The number of aromatic nitrogens is 1. The van der Waals surface area contributed by atoms with Crippen LogP contribution in [0.1, 0.15) is 34.6 Å². The largest absolute Gasteiger partial charge is 0.381 e. The van der Waals surface area contributed by atoms with Crippen LogP contribution in [0.5, 0.6) is 0 Å². The molecule has 1 saturated heterocycles. The second-order valence-electron chi connectivity index (χ2n) is 7.05. The van der Waals surface area contributed by atoms with E-state index < -0.39 is 0 Å². The standard InChI is InChI=1S/C20H28N2O2/c1-14-6-5-7-17(10-14)11-18-12-22(9-8-20(18)23-4)13-19-15(2)21-24-16(19)3/h5-7,10,18,20H,8-9,11-13H2,1-4H3/t18-,20+/m0/s1. The minimum Gasteiger partial charge on any atom is -0.381 e. The van der Waals surface area contributed by atoms with E-state index in [4.69, 9.17) is 9.26 Å². The first-order valence-electron chi connectivity index (χ1n) is 8.79. The highest BCUT2D eigenvalue weighted by Gasteiger charge is 2.30. The summed E-state index contributed by atoms with van der Waals surface area (Å²) in [6, 6.07) is 8.83. The van der Waals surface area contributed by atoms with Crippen molar-refractivity contribution in [3.05, 3.63) is 52.4 Å². The molecule has 1 aliphatic heterocycles. The summed E-state index contributed by atoms with van der Waals surface area (Å²) in [5, 5.41) is 4.08. The van der Waals surface area contributed by atoms with Gasteiger partial charge in [0.1, 0.15) is 5.76 Å². The molecule has 130 valence electrons. The molecule has 24 heavy (non-hydrogen) atoms. The van der Waals surface area contributed by atoms with E-state index in [-0.39, 0.29) is 0 Å². The summed E-state index contributed by atoms with van der Waals surface area (Å²) in [5.74, 6) is 1.46. The number of piperidine rings is 1. The highest BCUT2D eigenvalue weighted by Crippen LogP contribution is 2.26. The second kappa shape index (κ2) is 7.49. The van der Waals surface area contributed by atoms with E-state index in [0.717, 1.165) is 43.9 Å². The monoisotopic (exact) mass is 328 g/mol. The summed E-state index contributed by atoms with van der Waals surface area (Å²) < 4.78 is 11.1. The first-order chi connectivity index (χ1) is 11.6. The predicted molar refractivity (Wildman–Crippen MR) is 95.0 cm³/mol. The summed E-state index contributed by atoms with van der Waals surface area (Å²) in [4.78, 5) is 2.52. The van der Waals surface area contributed by atoms with Crippen molar-refractivity contribution in [2.24, 2.45) is 5.92 Å². The number of rotatable bonds is 5. The van der Waals surface area contributed by atoms with Crippen LogP contribution in [-0.2, 0) is 17.7 Å². The molecular formula is C20H28N2O2. The quantitative estimate of drug-likeness (QED) is 0.839. The highest BCUT2D eigenvalue weighted by atomic mass is 16.5. The lowest BCUT2D eigenvalue weighted by molar-refractivity contribution is -0.00861. The third kappa shape index (κ3) is 3.87. The molecule has 0 N–H and O–H groups in total. The lowest BCUT2D eigenvalue weighted by Crippen LogP contribution is -2.44. The Balaban J connectivity index is 1.70. The van der Waals surface area contributed by atoms with Crippen LogP contribution in [0.15, 0.2) is 28.8 Å². The van der Waals surface area contributed by atoms with Crippen LogP contribution in [0.3, 0.4) is 0 Å². The van der Waals surface area contributed by atoms with Crippen LogP contribution >= 0.6 is 0 Å². The molecule has 0 amide bonds. The Labute approximate surface area is 144 Å². The Bertz CT molecular complexity index is 661. The van der Waals surface area contributed by atoms with Crippen molar-refractivity contribution in [1.29, 1.82) is 0 Å². The van der Waals surface area contributed by atoms with Crippen molar-refractivity contribution >= 4 is 0 Å². The Hall–Kier alpha value is -1.65. The highest BCUT2D eigenvalue weighted by molar-refractivity contribution is 5.23. The van der Waals surface area contributed by atoms with Gasteiger partial charge in [-0.25, -0.2) is 0 Å². The third-order valence-corrected chi connectivity index (χ3v) is 5.19. The number of nitrogens with zero attached hydrogens (tertiary/aromatic N) is 2. The van der Waals surface area contributed by atoms with E-state index in [1.54, 1.807) is 0 Å². The van der Waals surface area contributed by atoms with Gasteiger partial charge in [0.15, 0.2) is 0 Å². The molecule has 0 aliphatic carbocycles. The molecule has 1 aliphatic rings. The van der Waals surface area contributed by atoms with Gasteiger partial charge in [-0.1, -0.05) is 35.0 Å². The lowest BCUT2D eigenvalue weighted by atomic mass is 9.88. The smallest absolute Gasteiger partial charge is 0.138 e. The predicted octanol–water partition coefficient (Wildman–Crippen LogP) is 3.68. The summed E-state index contributed by atoms with van der Waals surface area (Å²) >= 11 is 0. The van der Waals surface area contributed by atoms with Crippen LogP contribution < -0.4 is 0 Å². The van der Waals surface area contributed by atoms with Crippen molar-refractivity contribution in [2.75, 3.05) is 20.2 Å². The summed E-state index contributed by atoms with van der Waals surface area (Å²) in [7, 11) is 1.85. The van der Waals surface area contributed by atoms with Gasteiger partial charge < -0.3 is 9.26 Å². The molecule has 0 radical (unpaired) electrons.